The van der Waals surface area contributed by atoms with E-state index in [9.17, 15) is 4.79 Å². The fraction of sp³-hybridized carbons (Fsp3) is 0.367. The average Bonchev–Trinajstić information content (AvgIpc) is 2.92. The Labute approximate surface area is 204 Å². The summed E-state index contributed by atoms with van der Waals surface area (Å²) < 4.78 is 5.24. The van der Waals surface area contributed by atoms with Crippen molar-refractivity contribution >= 4 is 11.7 Å². The van der Waals surface area contributed by atoms with Crippen molar-refractivity contribution in [2.75, 3.05) is 44.7 Å². The van der Waals surface area contributed by atoms with E-state index < -0.39 is 5.41 Å². The van der Waals surface area contributed by atoms with Crippen molar-refractivity contribution < 1.29 is 9.53 Å². The Morgan fingerprint density at radius 1 is 0.824 bits per heavy atom. The molecule has 1 unspecified atom stereocenters. The van der Waals surface area contributed by atoms with Crippen molar-refractivity contribution in [3.8, 4) is 11.1 Å². The lowest BCUT2D eigenvalue weighted by molar-refractivity contribution is -0.148. The third-order valence-corrected chi connectivity index (χ3v) is 7.30. The van der Waals surface area contributed by atoms with Gasteiger partial charge in [0.1, 0.15) is 0 Å². The summed E-state index contributed by atoms with van der Waals surface area (Å²) in [5.74, 6) is -0.120. The van der Waals surface area contributed by atoms with Gasteiger partial charge in [-0.3, -0.25) is 9.69 Å². The summed E-state index contributed by atoms with van der Waals surface area (Å²) >= 11 is 0. The molecule has 0 N–H and O–H groups in total. The van der Waals surface area contributed by atoms with E-state index in [1.807, 2.05) is 18.2 Å². The number of nitrogens with zero attached hydrogens (tertiary/aromatic N) is 2. The molecule has 0 bridgehead atoms. The van der Waals surface area contributed by atoms with Crippen molar-refractivity contribution in [2.45, 2.75) is 31.6 Å². The molecule has 0 saturated carbocycles. The zero-order valence-electron chi connectivity index (χ0n) is 20.5. The second-order valence-corrected chi connectivity index (χ2v) is 9.14. The van der Waals surface area contributed by atoms with Crippen molar-refractivity contribution in [1.29, 1.82) is 0 Å². The van der Waals surface area contributed by atoms with E-state index in [1.54, 1.807) is 0 Å². The van der Waals surface area contributed by atoms with E-state index in [4.69, 9.17) is 4.74 Å². The molecule has 1 atom stereocenters. The highest BCUT2D eigenvalue weighted by Crippen LogP contribution is 2.34. The lowest BCUT2D eigenvalue weighted by Crippen LogP contribution is -2.47. The zero-order valence-corrected chi connectivity index (χ0v) is 20.5. The van der Waals surface area contributed by atoms with Crippen molar-refractivity contribution in [3.05, 3.63) is 90.5 Å². The van der Waals surface area contributed by atoms with Gasteiger partial charge in [-0.15, -0.1) is 0 Å². The molecule has 1 aliphatic rings. The van der Waals surface area contributed by atoms with Gasteiger partial charge in [0, 0.05) is 31.9 Å². The minimum Gasteiger partial charge on any atom is -0.468 e. The van der Waals surface area contributed by atoms with Crippen LogP contribution in [0.3, 0.4) is 0 Å². The third-order valence-electron chi connectivity index (χ3n) is 7.30. The summed E-state index contributed by atoms with van der Waals surface area (Å²) in [5.41, 5.74) is 4.31. The average molecular weight is 457 g/mol. The zero-order chi connectivity index (χ0) is 23.8. The van der Waals surface area contributed by atoms with E-state index in [0.717, 1.165) is 57.5 Å². The molecule has 3 aromatic rings. The quantitative estimate of drug-likeness (QED) is 0.382. The van der Waals surface area contributed by atoms with Crippen LogP contribution in [0.2, 0.25) is 0 Å². The number of hydrogen-bond acceptors (Lipinski definition) is 4. The SMILES string of the molecule is CCC(CCCN1CCN(c2ccc(-c3ccccc3)cc2)CC1)(C(=O)OC)c1ccccc1. The normalized spacial score (nSPS) is 16.1. The molecular weight excluding hydrogens is 420 g/mol. The predicted octanol–water partition coefficient (Wildman–Crippen LogP) is 5.78. The standard InChI is InChI=1S/C30H36N2O2/c1-3-30(29(33)34-2,27-13-8-5-9-14-27)19-10-20-31-21-23-32(24-22-31)28-17-15-26(16-18-28)25-11-6-4-7-12-25/h4-9,11-18H,3,10,19-24H2,1-2H3. The molecule has 4 heteroatoms. The van der Waals surface area contributed by atoms with Gasteiger partial charge in [-0.05, 0) is 54.6 Å². The van der Waals surface area contributed by atoms with E-state index in [0.29, 0.717) is 0 Å². The Kier molecular flexibility index (Phi) is 8.02. The summed E-state index contributed by atoms with van der Waals surface area (Å²) in [4.78, 5) is 17.8. The van der Waals surface area contributed by atoms with Gasteiger partial charge in [-0.2, -0.15) is 0 Å². The Morgan fingerprint density at radius 3 is 2.00 bits per heavy atom. The summed E-state index contributed by atoms with van der Waals surface area (Å²) in [6.07, 6.45) is 2.53. The number of anilines is 1. The smallest absolute Gasteiger partial charge is 0.316 e. The highest BCUT2D eigenvalue weighted by atomic mass is 16.5. The number of hydrogen-bond donors (Lipinski definition) is 0. The van der Waals surface area contributed by atoms with Crippen LogP contribution in [-0.4, -0.2) is 50.7 Å². The fourth-order valence-electron chi connectivity index (χ4n) is 5.17. The summed E-state index contributed by atoms with van der Waals surface area (Å²) in [7, 11) is 1.50. The highest BCUT2D eigenvalue weighted by molar-refractivity contribution is 5.83. The van der Waals surface area contributed by atoms with Crippen LogP contribution in [0.1, 0.15) is 31.7 Å². The highest BCUT2D eigenvalue weighted by Gasteiger charge is 2.39. The molecule has 0 spiro atoms. The minimum atomic E-state index is -0.557. The van der Waals surface area contributed by atoms with E-state index in [-0.39, 0.29) is 5.97 Å². The first kappa shape index (κ1) is 24.0. The van der Waals surface area contributed by atoms with Gasteiger partial charge in [-0.1, -0.05) is 79.7 Å². The van der Waals surface area contributed by atoms with Crippen molar-refractivity contribution in [1.82, 2.24) is 4.90 Å². The number of rotatable bonds is 9. The molecule has 178 valence electrons. The molecule has 4 nitrogen and oxygen atoms in total. The molecule has 3 aromatic carbocycles. The van der Waals surface area contributed by atoms with Gasteiger partial charge in [0.05, 0.1) is 12.5 Å². The first-order valence-corrected chi connectivity index (χ1v) is 12.4. The van der Waals surface area contributed by atoms with Gasteiger partial charge < -0.3 is 9.64 Å². The van der Waals surface area contributed by atoms with Gasteiger partial charge in [0.15, 0.2) is 0 Å². The van der Waals surface area contributed by atoms with Crippen LogP contribution in [0.5, 0.6) is 0 Å². The topological polar surface area (TPSA) is 32.8 Å². The number of piperazine rings is 1. The van der Waals surface area contributed by atoms with Crippen molar-refractivity contribution in [3.63, 3.8) is 0 Å². The molecular formula is C30H36N2O2. The van der Waals surface area contributed by atoms with Gasteiger partial charge in [-0.25, -0.2) is 0 Å². The molecule has 1 fully saturated rings. The molecule has 0 radical (unpaired) electrons. The molecule has 1 saturated heterocycles. The first-order valence-electron chi connectivity index (χ1n) is 12.4. The van der Waals surface area contributed by atoms with E-state index in [2.05, 4.69) is 83.5 Å². The third kappa shape index (κ3) is 5.34. The maximum atomic E-state index is 12.8. The van der Waals surface area contributed by atoms with Crippen LogP contribution >= 0.6 is 0 Å². The molecule has 0 amide bonds. The van der Waals surface area contributed by atoms with Gasteiger partial charge >= 0.3 is 5.97 Å². The number of ether oxygens (including phenoxy) is 1. The Balaban J connectivity index is 1.30. The van der Waals surface area contributed by atoms with Crippen LogP contribution in [0, 0.1) is 0 Å². The Morgan fingerprint density at radius 2 is 1.41 bits per heavy atom. The van der Waals surface area contributed by atoms with Crippen molar-refractivity contribution in [2.24, 2.45) is 0 Å². The summed E-state index contributed by atoms with van der Waals surface area (Å²) in [6, 6.07) is 29.6. The minimum absolute atomic E-state index is 0.120. The van der Waals surface area contributed by atoms with Crippen LogP contribution in [0.15, 0.2) is 84.9 Å². The second kappa shape index (κ2) is 11.3. The van der Waals surface area contributed by atoms with Gasteiger partial charge in [0.25, 0.3) is 0 Å². The lowest BCUT2D eigenvalue weighted by Gasteiger charge is -2.37. The number of carbonyl (C=O) groups is 1. The number of carbonyl (C=O) groups excluding carboxylic acids is 1. The van der Waals surface area contributed by atoms with Crippen LogP contribution in [0.25, 0.3) is 11.1 Å². The summed E-state index contributed by atoms with van der Waals surface area (Å²) in [5, 5.41) is 0. The predicted molar refractivity (Wildman–Crippen MR) is 140 cm³/mol. The molecule has 1 heterocycles. The largest absolute Gasteiger partial charge is 0.468 e. The monoisotopic (exact) mass is 456 g/mol. The number of methoxy groups -OCH3 is 1. The van der Waals surface area contributed by atoms with Crippen LogP contribution in [0.4, 0.5) is 5.69 Å². The molecule has 0 aliphatic carbocycles. The summed E-state index contributed by atoms with van der Waals surface area (Å²) in [6.45, 7) is 7.24. The van der Waals surface area contributed by atoms with Gasteiger partial charge in [0.2, 0.25) is 0 Å². The molecule has 1 aliphatic heterocycles. The van der Waals surface area contributed by atoms with E-state index in [1.165, 1.54) is 23.9 Å². The lowest BCUT2D eigenvalue weighted by atomic mass is 9.74. The maximum absolute atomic E-state index is 12.8. The first-order chi connectivity index (χ1) is 16.7. The van der Waals surface area contributed by atoms with Crippen LogP contribution in [-0.2, 0) is 14.9 Å². The maximum Gasteiger partial charge on any atom is 0.316 e. The Bertz CT molecular complexity index is 1030. The second-order valence-electron chi connectivity index (χ2n) is 9.14. The Hall–Kier alpha value is -3.11. The van der Waals surface area contributed by atoms with Crippen LogP contribution < -0.4 is 4.90 Å². The molecule has 4 rings (SSSR count). The molecule has 0 aromatic heterocycles. The fourth-order valence-corrected chi connectivity index (χ4v) is 5.17. The number of esters is 1. The van der Waals surface area contributed by atoms with E-state index >= 15 is 0 Å². The number of benzene rings is 3. The molecule has 34 heavy (non-hydrogen) atoms.